The lowest BCUT2D eigenvalue weighted by atomic mass is 9.94. The first-order valence-electron chi connectivity index (χ1n) is 7.29. The molecule has 0 aliphatic rings. The van der Waals surface area contributed by atoms with Gasteiger partial charge in [0, 0.05) is 0 Å². The monoisotopic (exact) mass is 312 g/mol. The fourth-order valence-electron chi connectivity index (χ4n) is 2.56. The molecule has 3 aromatic carbocycles. The van der Waals surface area contributed by atoms with Gasteiger partial charge in [-0.1, -0.05) is 66.2 Å². The average Bonchev–Trinajstić information content (AvgIpc) is 2.55. The predicted octanol–water partition coefficient (Wildman–Crippen LogP) is 6.35. The van der Waals surface area contributed by atoms with Gasteiger partial charge in [0.25, 0.3) is 0 Å². The smallest absolute Gasteiger partial charge is 0.166 e. The van der Waals surface area contributed by atoms with Crippen molar-refractivity contribution >= 4 is 0 Å². The molecule has 0 bridgehead atoms. The van der Waals surface area contributed by atoms with Gasteiger partial charge in [-0.05, 0) is 41.3 Å². The molecule has 0 unspecified atom stereocenters. The summed E-state index contributed by atoms with van der Waals surface area (Å²) in [5, 5.41) is 0. The van der Waals surface area contributed by atoms with Gasteiger partial charge in [-0.15, -0.1) is 0 Å². The summed E-state index contributed by atoms with van der Waals surface area (Å²) in [6.45, 7) is 2.02. The Labute approximate surface area is 133 Å². The van der Waals surface area contributed by atoms with Crippen molar-refractivity contribution in [3.05, 3.63) is 83.9 Å². The molecule has 3 rings (SSSR count). The van der Waals surface area contributed by atoms with E-state index in [0.29, 0.717) is 0 Å². The topological polar surface area (TPSA) is 0 Å². The molecule has 0 saturated carbocycles. The molecular formula is C20H15F3. The van der Waals surface area contributed by atoms with E-state index in [1.165, 1.54) is 17.7 Å². The molecular weight excluding hydrogens is 297 g/mol. The number of hydrogen-bond donors (Lipinski definition) is 0. The maximum Gasteiger partial charge on any atom is 0.416 e. The number of alkyl halides is 3. The third-order valence-electron chi connectivity index (χ3n) is 3.81. The summed E-state index contributed by atoms with van der Waals surface area (Å²) in [5.74, 6) is 0. The molecule has 0 aliphatic carbocycles. The standard InChI is InChI=1S/C20H15F3/c1-14-6-8-15(9-7-14)18-4-2-3-5-19(18)16-10-12-17(13-11-16)20(21,22)23/h2-13H,1H3. The number of halogens is 3. The molecule has 0 N–H and O–H groups in total. The number of hydrogen-bond acceptors (Lipinski definition) is 0. The molecule has 0 saturated heterocycles. The third-order valence-corrected chi connectivity index (χ3v) is 3.81. The van der Waals surface area contributed by atoms with Crippen LogP contribution in [0.15, 0.2) is 72.8 Å². The van der Waals surface area contributed by atoms with Crippen molar-refractivity contribution in [2.24, 2.45) is 0 Å². The van der Waals surface area contributed by atoms with Gasteiger partial charge in [-0.3, -0.25) is 0 Å². The highest BCUT2D eigenvalue weighted by molar-refractivity contribution is 5.83. The van der Waals surface area contributed by atoms with Gasteiger partial charge >= 0.3 is 6.18 Å². The fourth-order valence-corrected chi connectivity index (χ4v) is 2.56. The minimum absolute atomic E-state index is 0.630. The van der Waals surface area contributed by atoms with Crippen molar-refractivity contribution in [3.8, 4) is 22.3 Å². The van der Waals surface area contributed by atoms with E-state index in [1.54, 1.807) is 0 Å². The van der Waals surface area contributed by atoms with E-state index in [1.807, 2.05) is 55.5 Å². The first-order valence-corrected chi connectivity index (χ1v) is 7.29. The molecule has 0 spiro atoms. The Morgan fingerprint density at radius 1 is 0.609 bits per heavy atom. The lowest BCUT2D eigenvalue weighted by Gasteiger charge is -2.12. The quantitative estimate of drug-likeness (QED) is 0.517. The second kappa shape index (κ2) is 5.92. The van der Waals surface area contributed by atoms with Gasteiger partial charge in [0.2, 0.25) is 0 Å². The number of aryl methyl sites for hydroxylation is 1. The minimum atomic E-state index is -4.31. The molecule has 0 heterocycles. The summed E-state index contributed by atoms with van der Waals surface area (Å²) in [6.07, 6.45) is -4.31. The van der Waals surface area contributed by atoms with Gasteiger partial charge in [-0.2, -0.15) is 13.2 Å². The molecule has 0 atom stereocenters. The summed E-state index contributed by atoms with van der Waals surface area (Å²) in [4.78, 5) is 0. The Kier molecular flexibility index (Phi) is 3.95. The molecule has 0 nitrogen and oxygen atoms in total. The van der Waals surface area contributed by atoms with Gasteiger partial charge < -0.3 is 0 Å². The van der Waals surface area contributed by atoms with Crippen LogP contribution in [0, 0.1) is 6.92 Å². The van der Waals surface area contributed by atoms with Gasteiger partial charge in [0.1, 0.15) is 0 Å². The molecule has 0 aliphatic heterocycles. The van der Waals surface area contributed by atoms with Crippen LogP contribution in [0.2, 0.25) is 0 Å². The van der Waals surface area contributed by atoms with E-state index in [2.05, 4.69) is 0 Å². The van der Waals surface area contributed by atoms with E-state index in [9.17, 15) is 13.2 Å². The van der Waals surface area contributed by atoms with Crippen LogP contribution in [0.25, 0.3) is 22.3 Å². The molecule has 0 radical (unpaired) electrons. The van der Waals surface area contributed by atoms with Crippen LogP contribution in [0.1, 0.15) is 11.1 Å². The highest BCUT2D eigenvalue weighted by Gasteiger charge is 2.30. The summed E-state index contributed by atoms with van der Waals surface area (Å²) in [7, 11) is 0. The Bertz CT molecular complexity index is 798. The molecule has 23 heavy (non-hydrogen) atoms. The Morgan fingerprint density at radius 2 is 1.04 bits per heavy atom. The zero-order chi connectivity index (χ0) is 16.4. The predicted molar refractivity (Wildman–Crippen MR) is 87.1 cm³/mol. The summed E-state index contributed by atoms with van der Waals surface area (Å²) >= 11 is 0. The van der Waals surface area contributed by atoms with E-state index < -0.39 is 11.7 Å². The van der Waals surface area contributed by atoms with E-state index in [4.69, 9.17) is 0 Å². The zero-order valence-electron chi connectivity index (χ0n) is 12.6. The Morgan fingerprint density at radius 3 is 1.48 bits per heavy atom. The third kappa shape index (κ3) is 3.29. The first-order chi connectivity index (χ1) is 10.9. The summed E-state index contributed by atoms with van der Waals surface area (Å²) in [5.41, 5.74) is 4.28. The lowest BCUT2D eigenvalue weighted by Crippen LogP contribution is -2.04. The van der Waals surface area contributed by atoms with E-state index in [0.717, 1.165) is 34.4 Å². The molecule has 0 fully saturated rings. The van der Waals surface area contributed by atoms with Crippen LogP contribution in [-0.4, -0.2) is 0 Å². The SMILES string of the molecule is Cc1ccc(-c2ccccc2-c2ccc(C(F)(F)F)cc2)cc1. The molecule has 0 amide bonds. The van der Waals surface area contributed by atoms with Gasteiger partial charge in [0.15, 0.2) is 0 Å². The summed E-state index contributed by atoms with van der Waals surface area (Å²) < 4.78 is 38.1. The first kappa shape index (κ1) is 15.3. The van der Waals surface area contributed by atoms with E-state index in [-0.39, 0.29) is 0 Å². The highest BCUT2D eigenvalue weighted by atomic mass is 19.4. The van der Waals surface area contributed by atoms with Crippen molar-refractivity contribution in [3.63, 3.8) is 0 Å². The minimum Gasteiger partial charge on any atom is -0.166 e. The van der Waals surface area contributed by atoms with Crippen LogP contribution in [0.5, 0.6) is 0 Å². The number of rotatable bonds is 2. The highest BCUT2D eigenvalue weighted by Crippen LogP contribution is 2.34. The van der Waals surface area contributed by atoms with Crippen LogP contribution in [-0.2, 0) is 6.18 Å². The maximum absolute atomic E-state index is 12.7. The zero-order valence-corrected chi connectivity index (χ0v) is 12.6. The molecule has 3 heteroatoms. The lowest BCUT2D eigenvalue weighted by molar-refractivity contribution is -0.137. The second-order valence-electron chi connectivity index (χ2n) is 5.49. The van der Waals surface area contributed by atoms with Crippen molar-refractivity contribution in [1.29, 1.82) is 0 Å². The Hall–Kier alpha value is -2.55. The second-order valence-corrected chi connectivity index (χ2v) is 5.49. The summed E-state index contributed by atoms with van der Waals surface area (Å²) in [6, 6.07) is 21.1. The van der Waals surface area contributed by atoms with Crippen LogP contribution in [0.4, 0.5) is 13.2 Å². The normalized spacial score (nSPS) is 11.5. The van der Waals surface area contributed by atoms with Crippen molar-refractivity contribution in [2.75, 3.05) is 0 Å². The van der Waals surface area contributed by atoms with Gasteiger partial charge in [0.05, 0.1) is 5.56 Å². The fraction of sp³-hybridized carbons (Fsp3) is 0.100. The van der Waals surface area contributed by atoms with Crippen molar-refractivity contribution in [1.82, 2.24) is 0 Å². The van der Waals surface area contributed by atoms with Crippen LogP contribution < -0.4 is 0 Å². The van der Waals surface area contributed by atoms with Crippen molar-refractivity contribution < 1.29 is 13.2 Å². The van der Waals surface area contributed by atoms with Crippen LogP contribution in [0.3, 0.4) is 0 Å². The van der Waals surface area contributed by atoms with Gasteiger partial charge in [-0.25, -0.2) is 0 Å². The Balaban J connectivity index is 2.05. The molecule has 0 aromatic heterocycles. The molecule has 3 aromatic rings. The van der Waals surface area contributed by atoms with E-state index >= 15 is 0 Å². The molecule has 116 valence electrons. The van der Waals surface area contributed by atoms with Crippen molar-refractivity contribution in [2.45, 2.75) is 13.1 Å². The van der Waals surface area contributed by atoms with Crippen LogP contribution >= 0.6 is 0 Å². The largest absolute Gasteiger partial charge is 0.416 e. The number of benzene rings is 3. The maximum atomic E-state index is 12.7. The average molecular weight is 312 g/mol.